The Bertz CT molecular complexity index is 1440. The molecule has 5 aromatic rings. The molecule has 4 aromatic heterocycles. The molecule has 1 N–H and O–H groups in total. The Hall–Kier alpha value is -4.24. The summed E-state index contributed by atoms with van der Waals surface area (Å²) in [5.41, 5.74) is 5.89. The maximum Gasteiger partial charge on any atom is 0.140 e. The average molecular weight is 454 g/mol. The number of nitrogens with one attached hydrogen (secondary N) is 1. The van der Waals surface area contributed by atoms with Crippen molar-refractivity contribution < 1.29 is 9.47 Å². The highest BCUT2D eigenvalue weighted by atomic mass is 16.5. The van der Waals surface area contributed by atoms with Crippen LogP contribution in [0.5, 0.6) is 5.75 Å². The van der Waals surface area contributed by atoms with Crippen LogP contribution in [0.15, 0.2) is 73.6 Å². The molecule has 0 bridgehead atoms. The average Bonchev–Trinajstić information content (AvgIpc) is 3.49. The van der Waals surface area contributed by atoms with Crippen LogP contribution in [0.3, 0.4) is 0 Å². The van der Waals surface area contributed by atoms with E-state index in [1.807, 2.05) is 39.7 Å². The minimum absolute atomic E-state index is 0.360. The van der Waals surface area contributed by atoms with Crippen LogP contribution in [0, 0.1) is 0 Å². The lowest BCUT2D eigenvalue weighted by molar-refractivity contribution is -0.0286. The number of anilines is 1. The van der Waals surface area contributed by atoms with Crippen LogP contribution in [0.1, 0.15) is 11.6 Å². The van der Waals surface area contributed by atoms with Crippen molar-refractivity contribution in [3.8, 4) is 28.3 Å². The van der Waals surface area contributed by atoms with Gasteiger partial charge in [-0.1, -0.05) is 24.3 Å². The number of aromatic nitrogens is 6. The quantitative estimate of drug-likeness (QED) is 0.400. The summed E-state index contributed by atoms with van der Waals surface area (Å²) in [4.78, 5) is 13.3. The van der Waals surface area contributed by atoms with Crippen molar-refractivity contribution in [3.05, 3.63) is 79.1 Å². The van der Waals surface area contributed by atoms with Gasteiger partial charge < -0.3 is 14.8 Å². The molecule has 0 aliphatic carbocycles. The number of rotatable bonds is 7. The summed E-state index contributed by atoms with van der Waals surface area (Å²) in [7, 11) is 1.64. The molecule has 0 saturated carbocycles. The molecule has 0 atom stereocenters. The highest BCUT2D eigenvalue weighted by Gasteiger charge is 2.21. The Balaban J connectivity index is 1.15. The Labute approximate surface area is 196 Å². The minimum Gasteiger partial charge on any atom is -0.497 e. The number of hydrogen-bond donors (Lipinski definition) is 1. The lowest BCUT2D eigenvalue weighted by Crippen LogP contribution is -2.30. The first kappa shape index (κ1) is 20.4. The predicted octanol–water partition coefficient (Wildman–Crippen LogP) is 3.85. The molecule has 34 heavy (non-hydrogen) atoms. The lowest BCUT2D eigenvalue weighted by Gasteiger charge is -2.25. The molecule has 0 amide bonds. The molecule has 0 unspecified atom stereocenters. The van der Waals surface area contributed by atoms with E-state index in [9.17, 15) is 0 Å². The normalized spacial score (nSPS) is 13.7. The van der Waals surface area contributed by atoms with E-state index in [0.717, 1.165) is 58.5 Å². The largest absolute Gasteiger partial charge is 0.497 e. The van der Waals surface area contributed by atoms with E-state index in [1.54, 1.807) is 19.6 Å². The van der Waals surface area contributed by atoms with E-state index in [-0.39, 0.29) is 0 Å². The molecule has 170 valence electrons. The third-order valence-electron chi connectivity index (χ3n) is 6.01. The van der Waals surface area contributed by atoms with Crippen molar-refractivity contribution in [2.24, 2.45) is 0 Å². The van der Waals surface area contributed by atoms with E-state index < -0.39 is 0 Å². The first-order valence-electron chi connectivity index (χ1n) is 11.1. The maximum atomic E-state index is 5.28. The number of benzene rings is 1. The van der Waals surface area contributed by atoms with Gasteiger partial charge in [-0.15, -0.1) is 0 Å². The molecular weight excluding hydrogens is 430 g/mol. The Morgan fingerprint density at radius 3 is 2.71 bits per heavy atom. The first-order valence-corrected chi connectivity index (χ1v) is 11.1. The van der Waals surface area contributed by atoms with Gasteiger partial charge in [0.05, 0.1) is 50.1 Å². The van der Waals surface area contributed by atoms with Gasteiger partial charge in [0.15, 0.2) is 0 Å². The Morgan fingerprint density at radius 1 is 1.03 bits per heavy atom. The summed E-state index contributed by atoms with van der Waals surface area (Å²) in [6, 6.07) is 14.5. The molecule has 6 rings (SSSR count). The molecule has 1 aromatic carbocycles. The van der Waals surface area contributed by atoms with Gasteiger partial charge in [-0.25, -0.2) is 15.0 Å². The van der Waals surface area contributed by atoms with Crippen LogP contribution < -0.4 is 10.1 Å². The van der Waals surface area contributed by atoms with Crippen molar-refractivity contribution in [3.63, 3.8) is 0 Å². The van der Waals surface area contributed by atoms with E-state index in [1.165, 1.54) is 0 Å². The zero-order valence-corrected chi connectivity index (χ0v) is 18.6. The van der Waals surface area contributed by atoms with Gasteiger partial charge in [-0.3, -0.25) is 9.08 Å². The first-order chi connectivity index (χ1) is 16.8. The standard InChI is InChI=1S/C25H23N7O2/c1-33-21-6-7-31-23(12-27-25(31)8-21)22-9-24(29-16-28-22)26-10-17-2-4-18(5-3-17)19-11-30-32(13-19)20-14-34-15-20/h2-9,11-13,16,20H,10,14-15H2,1H3,(H,26,28,29). The number of nitrogens with zero attached hydrogens (tertiary/aromatic N) is 6. The van der Waals surface area contributed by atoms with Gasteiger partial charge in [0.2, 0.25) is 0 Å². The van der Waals surface area contributed by atoms with Crippen LogP contribution >= 0.6 is 0 Å². The third-order valence-corrected chi connectivity index (χ3v) is 6.01. The second-order valence-electron chi connectivity index (χ2n) is 8.18. The fraction of sp³-hybridized carbons (Fsp3) is 0.200. The fourth-order valence-electron chi connectivity index (χ4n) is 3.94. The van der Waals surface area contributed by atoms with E-state index >= 15 is 0 Å². The van der Waals surface area contributed by atoms with Crippen molar-refractivity contribution in [2.75, 3.05) is 25.6 Å². The second kappa shape index (κ2) is 8.60. The summed E-state index contributed by atoms with van der Waals surface area (Å²) in [5.74, 6) is 1.52. The lowest BCUT2D eigenvalue weighted by atomic mass is 10.1. The topological polar surface area (TPSA) is 91.4 Å². The van der Waals surface area contributed by atoms with Gasteiger partial charge in [-0.2, -0.15) is 5.10 Å². The number of methoxy groups -OCH3 is 1. The maximum absolute atomic E-state index is 5.28. The molecular formula is C25H23N7O2. The van der Waals surface area contributed by atoms with Crippen molar-refractivity contribution in [2.45, 2.75) is 12.6 Å². The third kappa shape index (κ3) is 3.86. The van der Waals surface area contributed by atoms with Gasteiger partial charge in [0, 0.05) is 36.6 Å². The van der Waals surface area contributed by atoms with Gasteiger partial charge in [-0.05, 0) is 17.2 Å². The summed E-state index contributed by atoms with van der Waals surface area (Å²) in [6.45, 7) is 2.13. The fourth-order valence-corrected chi connectivity index (χ4v) is 3.94. The summed E-state index contributed by atoms with van der Waals surface area (Å²) in [6.07, 6.45) is 9.29. The summed E-state index contributed by atoms with van der Waals surface area (Å²) >= 11 is 0. The minimum atomic E-state index is 0.360. The Morgan fingerprint density at radius 2 is 1.91 bits per heavy atom. The van der Waals surface area contributed by atoms with E-state index in [4.69, 9.17) is 9.47 Å². The number of imidazole rings is 1. The summed E-state index contributed by atoms with van der Waals surface area (Å²) < 4.78 is 14.5. The number of pyridine rings is 1. The number of hydrogen-bond acceptors (Lipinski definition) is 7. The molecule has 0 radical (unpaired) electrons. The zero-order valence-electron chi connectivity index (χ0n) is 18.6. The van der Waals surface area contributed by atoms with E-state index in [0.29, 0.717) is 12.6 Å². The molecule has 9 heteroatoms. The molecule has 0 spiro atoms. The highest BCUT2D eigenvalue weighted by molar-refractivity contribution is 5.64. The van der Waals surface area contributed by atoms with Gasteiger partial charge >= 0.3 is 0 Å². The smallest absolute Gasteiger partial charge is 0.140 e. The number of fused-ring (bicyclic) bond motifs is 1. The van der Waals surface area contributed by atoms with Crippen LogP contribution in [-0.4, -0.2) is 49.5 Å². The SMILES string of the molecule is COc1ccn2c(-c3cc(NCc4ccc(-c5cnn(C6COC6)c5)cc4)ncn3)cnc2c1. The predicted molar refractivity (Wildman–Crippen MR) is 128 cm³/mol. The van der Waals surface area contributed by atoms with Crippen LogP contribution in [-0.2, 0) is 11.3 Å². The Kier molecular flexibility index (Phi) is 5.15. The zero-order chi connectivity index (χ0) is 22.9. The molecule has 1 fully saturated rings. The monoisotopic (exact) mass is 453 g/mol. The molecule has 1 saturated heterocycles. The molecule has 1 aliphatic heterocycles. The molecule has 5 heterocycles. The highest BCUT2D eigenvalue weighted by Crippen LogP contribution is 2.25. The summed E-state index contributed by atoms with van der Waals surface area (Å²) in [5, 5.41) is 7.86. The van der Waals surface area contributed by atoms with Gasteiger partial charge in [0.25, 0.3) is 0 Å². The van der Waals surface area contributed by atoms with Crippen molar-refractivity contribution in [1.29, 1.82) is 0 Å². The second-order valence-corrected chi connectivity index (χ2v) is 8.18. The van der Waals surface area contributed by atoms with Crippen LogP contribution in [0.25, 0.3) is 28.2 Å². The number of ether oxygens (including phenoxy) is 2. The van der Waals surface area contributed by atoms with Crippen LogP contribution in [0.4, 0.5) is 5.82 Å². The molecule has 1 aliphatic rings. The van der Waals surface area contributed by atoms with Crippen LogP contribution in [0.2, 0.25) is 0 Å². The van der Waals surface area contributed by atoms with Crippen molar-refractivity contribution >= 4 is 11.5 Å². The van der Waals surface area contributed by atoms with E-state index in [2.05, 4.69) is 55.8 Å². The van der Waals surface area contributed by atoms with Gasteiger partial charge in [0.1, 0.15) is 23.5 Å². The van der Waals surface area contributed by atoms with Crippen molar-refractivity contribution in [1.82, 2.24) is 29.1 Å². The molecule has 9 nitrogen and oxygen atoms in total.